The first-order valence-electron chi connectivity index (χ1n) is 5.48. The van der Waals surface area contributed by atoms with Gasteiger partial charge in [-0.2, -0.15) is 0 Å². The molecule has 1 rings (SSSR count). The fourth-order valence-electron chi connectivity index (χ4n) is 1.33. The van der Waals surface area contributed by atoms with Gasteiger partial charge in [-0.05, 0) is 32.0 Å². The van der Waals surface area contributed by atoms with Gasteiger partial charge in [0.1, 0.15) is 6.04 Å². The molecule has 1 unspecified atom stereocenters. The lowest BCUT2D eigenvalue weighted by molar-refractivity contribution is -0.144. The number of nitrogens with two attached hydrogens (primary N) is 1. The van der Waals surface area contributed by atoms with Gasteiger partial charge in [-0.1, -0.05) is 11.6 Å². The van der Waals surface area contributed by atoms with E-state index in [1.165, 1.54) is 19.1 Å². The second-order valence-electron chi connectivity index (χ2n) is 3.68. The minimum absolute atomic E-state index is 0.235. The first-order valence-corrected chi connectivity index (χ1v) is 5.86. The van der Waals surface area contributed by atoms with E-state index in [9.17, 15) is 9.59 Å². The highest BCUT2D eigenvalue weighted by Gasteiger charge is 2.18. The number of carbonyl (C=O) groups excluding carboxylic acids is 2. The first-order chi connectivity index (χ1) is 8.45. The number of nitrogen functional groups attached to an aromatic ring is 1. The number of ether oxygens (including phenoxy) is 1. The molecule has 0 aliphatic heterocycles. The average Bonchev–Trinajstić information content (AvgIpc) is 2.32. The van der Waals surface area contributed by atoms with Crippen molar-refractivity contribution in [3.8, 4) is 0 Å². The van der Waals surface area contributed by atoms with E-state index in [4.69, 9.17) is 22.1 Å². The summed E-state index contributed by atoms with van der Waals surface area (Å²) in [6, 6.07) is 3.83. The largest absolute Gasteiger partial charge is 0.464 e. The third-order valence-electron chi connectivity index (χ3n) is 2.25. The van der Waals surface area contributed by atoms with Gasteiger partial charge in [-0.25, -0.2) is 4.79 Å². The number of nitrogens with one attached hydrogen (secondary N) is 1. The Morgan fingerprint density at radius 1 is 1.50 bits per heavy atom. The third kappa shape index (κ3) is 3.63. The number of amides is 1. The number of halogens is 1. The Kier molecular flexibility index (Phi) is 4.97. The number of rotatable bonds is 4. The Morgan fingerprint density at radius 2 is 2.17 bits per heavy atom. The molecular formula is C12H15ClN2O3. The number of benzene rings is 1. The maximum Gasteiger partial charge on any atom is 0.328 e. The predicted octanol–water partition coefficient (Wildman–Crippen LogP) is 1.60. The Hall–Kier alpha value is -1.75. The van der Waals surface area contributed by atoms with Crippen LogP contribution in [0.5, 0.6) is 0 Å². The summed E-state index contributed by atoms with van der Waals surface area (Å²) in [7, 11) is 0. The van der Waals surface area contributed by atoms with Crippen LogP contribution < -0.4 is 11.1 Å². The minimum Gasteiger partial charge on any atom is -0.464 e. The summed E-state index contributed by atoms with van der Waals surface area (Å²) in [4.78, 5) is 23.2. The summed E-state index contributed by atoms with van der Waals surface area (Å²) in [5.74, 6) is -0.956. The third-order valence-corrected chi connectivity index (χ3v) is 2.48. The van der Waals surface area contributed by atoms with Gasteiger partial charge in [-0.15, -0.1) is 0 Å². The zero-order valence-electron chi connectivity index (χ0n) is 10.2. The van der Waals surface area contributed by atoms with Crippen LogP contribution in [0.3, 0.4) is 0 Å². The van der Waals surface area contributed by atoms with E-state index >= 15 is 0 Å². The van der Waals surface area contributed by atoms with Crippen molar-refractivity contribution in [2.45, 2.75) is 19.9 Å². The molecule has 0 aliphatic rings. The lowest BCUT2D eigenvalue weighted by Crippen LogP contribution is -2.39. The molecule has 1 amide bonds. The van der Waals surface area contributed by atoms with Crippen LogP contribution in [-0.2, 0) is 9.53 Å². The van der Waals surface area contributed by atoms with Gasteiger partial charge in [-0.3, -0.25) is 4.79 Å². The molecule has 3 N–H and O–H groups in total. The van der Waals surface area contributed by atoms with Crippen LogP contribution in [0, 0.1) is 0 Å². The lowest BCUT2D eigenvalue weighted by Gasteiger charge is -2.13. The van der Waals surface area contributed by atoms with Crippen LogP contribution in [0.4, 0.5) is 5.69 Å². The van der Waals surface area contributed by atoms with E-state index in [-0.39, 0.29) is 12.2 Å². The van der Waals surface area contributed by atoms with Crippen molar-refractivity contribution in [2.24, 2.45) is 0 Å². The Balaban J connectivity index is 2.76. The van der Waals surface area contributed by atoms with E-state index in [2.05, 4.69) is 5.32 Å². The van der Waals surface area contributed by atoms with E-state index in [1.807, 2.05) is 0 Å². The van der Waals surface area contributed by atoms with Gasteiger partial charge < -0.3 is 15.8 Å². The Bertz CT molecular complexity index is 463. The van der Waals surface area contributed by atoms with Crippen LogP contribution in [0.1, 0.15) is 24.2 Å². The fraction of sp³-hybridized carbons (Fsp3) is 0.333. The highest BCUT2D eigenvalue weighted by molar-refractivity contribution is 6.31. The quantitative estimate of drug-likeness (QED) is 0.643. The van der Waals surface area contributed by atoms with Crippen LogP contribution in [0.25, 0.3) is 0 Å². The molecule has 0 spiro atoms. The van der Waals surface area contributed by atoms with Crippen molar-refractivity contribution in [2.75, 3.05) is 12.3 Å². The van der Waals surface area contributed by atoms with Gasteiger partial charge in [0.2, 0.25) is 0 Å². The standard InChI is InChI=1S/C12H15ClN2O3/c1-3-18-12(17)7(2)15-11(16)9-6-8(13)4-5-10(9)14/h4-7H,3,14H2,1-2H3,(H,15,16). The van der Waals surface area contributed by atoms with E-state index in [0.717, 1.165) is 0 Å². The Labute approximate surface area is 110 Å². The summed E-state index contributed by atoms with van der Waals surface area (Å²) < 4.78 is 4.78. The molecule has 0 bridgehead atoms. The molecule has 5 nitrogen and oxygen atoms in total. The van der Waals surface area contributed by atoms with Crippen molar-refractivity contribution in [3.63, 3.8) is 0 Å². The van der Waals surface area contributed by atoms with Gasteiger partial charge in [0, 0.05) is 10.7 Å². The molecule has 0 radical (unpaired) electrons. The molecule has 18 heavy (non-hydrogen) atoms. The summed E-state index contributed by atoms with van der Waals surface area (Å²) in [6.45, 7) is 3.50. The zero-order valence-corrected chi connectivity index (χ0v) is 11.0. The summed E-state index contributed by atoms with van der Waals surface area (Å²) >= 11 is 5.78. The van der Waals surface area contributed by atoms with Crippen molar-refractivity contribution < 1.29 is 14.3 Å². The maximum atomic E-state index is 11.9. The summed E-state index contributed by atoms with van der Waals surface area (Å²) in [6.07, 6.45) is 0. The van der Waals surface area contributed by atoms with Crippen molar-refractivity contribution in [1.82, 2.24) is 5.32 Å². The lowest BCUT2D eigenvalue weighted by atomic mass is 10.1. The summed E-state index contributed by atoms with van der Waals surface area (Å²) in [5.41, 5.74) is 6.20. The van der Waals surface area contributed by atoms with Crippen LogP contribution in [0.2, 0.25) is 5.02 Å². The molecule has 0 saturated carbocycles. The zero-order chi connectivity index (χ0) is 13.7. The number of anilines is 1. The number of esters is 1. The molecule has 0 aromatic heterocycles. The van der Waals surface area contributed by atoms with Gasteiger partial charge >= 0.3 is 5.97 Å². The molecule has 1 aromatic rings. The molecule has 0 saturated heterocycles. The second kappa shape index (κ2) is 6.26. The highest BCUT2D eigenvalue weighted by Crippen LogP contribution is 2.17. The molecule has 0 fully saturated rings. The van der Waals surface area contributed by atoms with Crippen molar-refractivity contribution in [3.05, 3.63) is 28.8 Å². The van der Waals surface area contributed by atoms with Gasteiger partial charge in [0.05, 0.1) is 12.2 Å². The highest BCUT2D eigenvalue weighted by atomic mass is 35.5. The molecule has 0 aliphatic carbocycles. The molecule has 6 heteroatoms. The molecule has 1 atom stereocenters. The minimum atomic E-state index is -0.740. The van der Waals surface area contributed by atoms with E-state index < -0.39 is 17.9 Å². The van der Waals surface area contributed by atoms with Crippen LogP contribution in [0.15, 0.2) is 18.2 Å². The van der Waals surface area contributed by atoms with Gasteiger partial charge in [0.25, 0.3) is 5.91 Å². The number of carbonyl (C=O) groups is 2. The number of hydrogen-bond donors (Lipinski definition) is 2. The van der Waals surface area contributed by atoms with Crippen LogP contribution >= 0.6 is 11.6 Å². The van der Waals surface area contributed by atoms with Crippen molar-refractivity contribution >= 4 is 29.2 Å². The predicted molar refractivity (Wildman–Crippen MR) is 69.4 cm³/mol. The topological polar surface area (TPSA) is 81.4 Å². The van der Waals surface area contributed by atoms with Gasteiger partial charge in [0.15, 0.2) is 0 Å². The monoisotopic (exact) mass is 270 g/mol. The van der Waals surface area contributed by atoms with E-state index in [1.54, 1.807) is 13.0 Å². The first kappa shape index (κ1) is 14.3. The second-order valence-corrected chi connectivity index (χ2v) is 4.12. The smallest absolute Gasteiger partial charge is 0.328 e. The van der Waals surface area contributed by atoms with E-state index in [0.29, 0.717) is 10.7 Å². The van der Waals surface area contributed by atoms with Crippen LogP contribution in [-0.4, -0.2) is 24.5 Å². The fourth-order valence-corrected chi connectivity index (χ4v) is 1.50. The average molecular weight is 271 g/mol. The summed E-state index contributed by atoms with van der Waals surface area (Å²) in [5, 5.41) is 2.90. The Morgan fingerprint density at radius 3 is 2.78 bits per heavy atom. The maximum absolute atomic E-state index is 11.9. The molecule has 98 valence electrons. The molecular weight excluding hydrogens is 256 g/mol. The molecule has 1 aromatic carbocycles. The number of hydrogen-bond acceptors (Lipinski definition) is 4. The molecule has 0 heterocycles. The van der Waals surface area contributed by atoms with Crippen molar-refractivity contribution in [1.29, 1.82) is 0 Å². The SMILES string of the molecule is CCOC(=O)C(C)NC(=O)c1cc(Cl)ccc1N. The normalized spacial score (nSPS) is 11.7.